The topological polar surface area (TPSA) is 32.3 Å². The van der Waals surface area contributed by atoms with Crippen molar-refractivity contribution in [3.05, 3.63) is 35.9 Å². The van der Waals surface area contributed by atoms with Gasteiger partial charge < -0.3 is 5.32 Å². The Kier molecular flexibility index (Phi) is 7.60. The van der Waals surface area contributed by atoms with E-state index in [0.717, 1.165) is 31.7 Å². The summed E-state index contributed by atoms with van der Waals surface area (Å²) in [4.78, 5) is 14.5. The van der Waals surface area contributed by atoms with Gasteiger partial charge in [0.05, 0.1) is 0 Å². The molecule has 128 valence electrons. The zero-order valence-electron chi connectivity index (χ0n) is 14.8. The molecule has 1 saturated heterocycles. The normalized spacial score (nSPS) is 17.8. The van der Waals surface area contributed by atoms with E-state index in [4.69, 9.17) is 0 Å². The molecule has 1 aliphatic heterocycles. The number of nitrogens with one attached hydrogen (secondary N) is 1. The summed E-state index contributed by atoms with van der Waals surface area (Å²) in [6.07, 6.45) is 6.34. The maximum absolute atomic E-state index is 12.0. The Labute approximate surface area is 141 Å². The molecule has 0 spiro atoms. The van der Waals surface area contributed by atoms with Crippen LogP contribution >= 0.6 is 0 Å². The summed E-state index contributed by atoms with van der Waals surface area (Å²) in [7, 11) is 0. The van der Waals surface area contributed by atoms with Crippen LogP contribution in [0.5, 0.6) is 0 Å². The van der Waals surface area contributed by atoms with Gasteiger partial charge in [0.25, 0.3) is 0 Å². The molecule has 1 heterocycles. The lowest BCUT2D eigenvalue weighted by atomic mass is 9.98. The fourth-order valence-electron chi connectivity index (χ4n) is 3.21. The standard InChI is InChI=1S/C20H32N2O/c1-17-12-14-22(15-13-17)18(2)16-21-20(23)11-7-6-10-19-8-4-3-5-9-19/h3-5,8-9,17-18H,6-7,10-16H2,1-2H3,(H,21,23). The van der Waals surface area contributed by atoms with Crippen LogP contribution in [0.1, 0.15) is 51.5 Å². The second kappa shape index (κ2) is 9.71. The van der Waals surface area contributed by atoms with Crippen molar-refractivity contribution in [1.29, 1.82) is 0 Å². The van der Waals surface area contributed by atoms with Crippen molar-refractivity contribution in [2.24, 2.45) is 5.92 Å². The first kappa shape index (κ1) is 18.0. The third-order valence-electron chi connectivity index (χ3n) is 5.00. The van der Waals surface area contributed by atoms with E-state index in [0.29, 0.717) is 12.5 Å². The molecule has 0 bridgehead atoms. The molecule has 0 aliphatic carbocycles. The summed E-state index contributed by atoms with van der Waals surface area (Å²) >= 11 is 0. The largest absolute Gasteiger partial charge is 0.355 e. The quantitative estimate of drug-likeness (QED) is 0.743. The molecule has 2 rings (SSSR count). The molecule has 3 heteroatoms. The summed E-state index contributed by atoms with van der Waals surface area (Å²) in [5, 5.41) is 3.11. The summed E-state index contributed by atoms with van der Waals surface area (Å²) in [5.74, 6) is 1.06. The number of amides is 1. The Hall–Kier alpha value is -1.35. The van der Waals surface area contributed by atoms with E-state index in [1.165, 1.54) is 31.5 Å². The van der Waals surface area contributed by atoms with Gasteiger partial charge in [0.1, 0.15) is 0 Å². The second-order valence-electron chi connectivity index (χ2n) is 7.06. The first-order valence-electron chi connectivity index (χ1n) is 9.20. The van der Waals surface area contributed by atoms with Gasteiger partial charge in [0.2, 0.25) is 5.91 Å². The lowest BCUT2D eigenvalue weighted by molar-refractivity contribution is -0.121. The molecule has 1 aromatic carbocycles. The van der Waals surface area contributed by atoms with Crippen molar-refractivity contribution in [3.8, 4) is 0 Å². The van der Waals surface area contributed by atoms with Crippen LogP contribution in [0.2, 0.25) is 0 Å². The lowest BCUT2D eigenvalue weighted by Gasteiger charge is -2.35. The van der Waals surface area contributed by atoms with Gasteiger partial charge in [0.15, 0.2) is 0 Å². The maximum Gasteiger partial charge on any atom is 0.220 e. The summed E-state index contributed by atoms with van der Waals surface area (Å²) in [5.41, 5.74) is 1.36. The fraction of sp³-hybridized carbons (Fsp3) is 0.650. The number of hydrogen-bond acceptors (Lipinski definition) is 2. The molecule has 0 radical (unpaired) electrons. The lowest BCUT2D eigenvalue weighted by Crippen LogP contribution is -2.45. The highest BCUT2D eigenvalue weighted by Crippen LogP contribution is 2.17. The average molecular weight is 316 g/mol. The highest BCUT2D eigenvalue weighted by molar-refractivity contribution is 5.75. The van der Waals surface area contributed by atoms with Gasteiger partial charge in [-0.05, 0) is 63.6 Å². The number of benzene rings is 1. The first-order valence-corrected chi connectivity index (χ1v) is 9.20. The van der Waals surface area contributed by atoms with Gasteiger partial charge in [-0.2, -0.15) is 0 Å². The van der Waals surface area contributed by atoms with Gasteiger partial charge in [-0.25, -0.2) is 0 Å². The van der Waals surface area contributed by atoms with Crippen LogP contribution in [0.25, 0.3) is 0 Å². The van der Waals surface area contributed by atoms with Gasteiger partial charge in [-0.3, -0.25) is 9.69 Å². The minimum atomic E-state index is 0.204. The van der Waals surface area contributed by atoms with Crippen LogP contribution in [0.3, 0.4) is 0 Å². The number of rotatable bonds is 8. The molecule has 3 nitrogen and oxygen atoms in total. The van der Waals surface area contributed by atoms with E-state index in [1.54, 1.807) is 0 Å². The third kappa shape index (κ3) is 6.74. The molecule has 1 amide bonds. The molecular formula is C20H32N2O. The third-order valence-corrected chi connectivity index (χ3v) is 5.00. The van der Waals surface area contributed by atoms with Crippen LogP contribution < -0.4 is 5.32 Å². The molecule has 0 saturated carbocycles. The Morgan fingerprint density at radius 1 is 1.22 bits per heavy atom. The Morgan fingerprint density at radius 2 is 1.91 bits per heavy atom. The molecule has 1 aliphatic rings. The van der Waals surface area contributed by atoms with Crippen molar-refractivity contribution >= 4 is 5.91 Å². The van der Waals surface area contributed by atoms with E-state index in [9.17, 15) is 4.79 Å². The number of nitrogens with zero attached hydrogens (tertiary/aromatic N) is 1. The van der Waals surface area contributed by atoms with Crippen LogP contribution in [0.4, 0.5) is 0 Å². The second-order valence-corrected chi connectivity index (χ2v) is 7.06. The zero-order chi connectivity index (χ0) is 16.5. The van der Waals surface area contributed by atoms with Gasteiger partial charge in [-0.15, -0.1) is 0 Å². The van der Waals surface area contributed by atoms with Crippen molar-refractivity contribution < 1.29 is 4.79 Å². The molecule has 1 fully saturated rings. The van der Waals surface area contributed by atoms with Crippen LogP contribution in [-0.2, 0) is 11.2 Å². The molecule has 0 aromatic heterocycles. The first-order chi connectivity index (χ1) is 11.1. The van der Waals surface area contributed by atoms with Crippen LogP contribution in [-0.4, -0.2) is 36.5 Å². The SMILES string of the molecule is CC1CCN(C(C)CNC(=O)CCCCc2ccccc2)CC1. The van der Waals surface area contributed by atoms with Gasteiger partial charge in [-0.1, -0.05) is 37.3 Å². The van der Waals surface area contributed by atoms with Crippen molar-refractivity contribution in [2.45, 2.75) is 58.4 Å². The fourth-order valence-corrected chi connectivity index (χ4v) is 3.21. The average Bonchev–Trinajstić information content (AvgIpc) is 2.58. The number of aryl methyl sites for hydroxylation is 1. The van der Waals surface area contributed by atoms with E-state index >= 15 is 0 Å². The molecule has 1 N–H and O–H groups in total. The van der Waals surface area contributed by atoms with Crippen molar-refractivity contribution in [3.63, 3.8) is 0 Å². The number of piperidine rings is 1. The van der Waals surface area contributed by atoms with E-state index in [-0.39, 0.29) is 5.91 Å². The minimum Gasteiger partial charge on any atom is -0.355 e. The highest BCUT2D eigenvalue weighted by Gasteiger charge is 2.20. The smallest absolute Gasteiger partial charge is 0.220 e. The Balaban J connectivity index is 1.54. The predicted octanol–water partition coefficient (Wildman–Crippen LogP) is 3.64. The van der Waals surface area contributed by atoms with Crippen molar-refractivity contribution in [1.82, 2.24) is 10.2 Å². The summed E-state index contributed by atoms with van der Waals surface area (Å²) in [6.45, 7) is 7.70. The number of carbonyl (C=O) groups is 1. The van der Waals surface area contributed by atoms with Gasteiger partial charge >= 0.3 is 0 Å². The van der Waals surface area contributed by atoms with Crippen LogP contribution in [0.15, 0.2) is 30.3 Å². The van der Waals surface area contributed by atoms with Crippen molar-refractivity contribution in [2.75, 3.05) is 19.6 Å². The summed E-state index contributed by atoms with van der Waals surface area (Å²) in [6, 6.07) is 11.0. The number of unbranched alkanes of at least 4 members (excludes halogenated alkanes) is 1. The maximum atomic E-state index is 12.0. The molecule has 1 atom stereocenters. The van der Waals surface area contributed by atoms with Gasteiger partial charge in [0, 0.05) is 19.0 Å². The van der Waals surface area contributed by atoms with E-state index in [2.05, 4.69) is 48.3 Å². The minimum absolute atomic E-state index is 0.204. The Bertz CT molecular complexity index is 452. The van der Waals surface area contributed by atoms with E-state index in [1.807, 2.05) is 6.07 Å². The van der Waals surface area contributed by atoms with Crippen LogP contribution in [0, 0.1) is 5.92 Å². The molecule has 23 heavy (non-hydrogen) atoms. The number of hydrogen-bond donors (Lipinski definition) is 1. The number of likely N-dealkylation sites (tertiary alicyclic amines) is 1. The monoisotopic (exact) mass is 316 g/mol. The molecule has 1 unspecified atom stereocenters. The summed E-state index contributed by atoms with van der Waals surface area (Å²) < 4.78 is 0. The Morgan fingerprint density at radius 3 is 2.61 bits per heavy atom. The number of carbonyl (C=O) groups excluding carboxylic acids is 1. The molecule has 1 aromatic rings. The molecular weight excluding hydrogens is 284 g/mol. The zero-order valence-corrected chi connectivity index (χ0v) is 14.8. The van der Waals surface area contributed by atoms with E-state index < -0.39 is 0 Å². The highest BCUT2D eigenvalue weighted by atomic mass is 16.1. The predicted molar refractivity (Wildman–Crippen MR) is 96.4 cm³/mol.